The Bertz CT molecular complexity index is 818. The number of ether oxygens (including phenoxy) is 2. The number of allylic oxidation sites excluding steroid dienone is 1. The van der Waals surface area contributed by atoms with Crippen LogP contribution in [0.3, 0.4) is 0 Å². The van der Waals surface area contributed by atoms with Crippen molar-refractivity contribution in [1.82, 2.24) is 0 Å². The normalized spacial score (nSPS) is 21.4. The van der Waals surface area contributed by atoms with Crippen molar-refractivity contribution in [3.8, 4) is 17.2 Å². The molecule has 2 aromatic carbocycles. The topological polar surface area (TPSA) is 38.7 Å². The van der Waals surface area contributed by atoms with E-state index >= 15 is 0 Å². The molecule has 2 aliphatic rings. The minimum atomic E-state index is 0.130. The molecule has 2 aliphatic heterocycles. The number of benzene rings is 2. The molecule has 4 rings (SSSR count). The van der Waals surface area contributed by atoms with Crippen molar-refractivity contribution >= 4 is 23.5 Å². The number of rotatable bonds is 8. The second kappa shape index (κ2) is 9.86. The molecule has 0 radical (unpaired) electrons. The van der Waals surface area contributed by atoms with Gasteiger partial charge in [-0.2, -0.15) is 0 Å². The number of thioether (sulfide) groups is 2. The molecule has 1 saturated heterocycles. The highest BCUT2D eigenvalue weighted by molar-refractivity contribution is 8.17. The lowest BCUT2D eigenvalue weighted by atomic mass is 9.90. The summed E-state index contributed by atoms with van der Waals surface area (Å²) in [5.74, 6) is 4.86. The molecule has 154 valence electrons. The third-order valence-electron chi connectivity index (χ3n) is 5.46. The van der Waals surface area contributed by atoms with Crippen LogP contribution in [0.4, 0.5) is 0 Å². The minimum Gasteiger partial charge on any atom is -0.508 e. The summed E-state index contributed by atoms with van der Waals surface area (Å²) in [5.41, 5.74) is 1.99. The summed E-state index contributed by atoms with van der Waals surface area (Å²) < 4.78 is 13.0. The highest BCUT2D eigenvalue weighted by Crippen LogP contribution is 2.47. The number of hydrogen-bond acceptors (Lipinski definition) is 5. The summed E-state index contributed by atoms with van der Waals surface area (Å²) in [5, 5.41) is 10.5. The van der Waals surface area contributed by atoms with Crippen LogP contribution in [0.5, 0.6) is 17.2 Å². The lowest BCUT2D eigenvalue weighted by molar-refractivity contribution is 0.181. The van der Waals surface area contributed by atoms with Crippen LogP contribution in [-0.4, -0.2) is 33.9 Å². The van der Waals surface area contributed by atoms with E-state index in [1.54, 1.807) is 0 Å². The molecule has 3 nitrogen and oxygen atoms in total. The fraction of sp³-hybridized carbons (Fsp3) is 0.417. The van der Waals surface area contributed by atoms with Crippen molar-refractivity contribution in [2.24, 2.45) is 0 Å². The molecule has 0 amide bonds. The van der Waals surface area contributed by atoms with Gasteiger partial charge in [0.15, 0.2) is 0 Å². The van der Waals surface area contributed by atoms with Gasteiger partial charge in [0, 0.05) is 23.5 Å². The lowest BCUT2D eigenvalue weighted by Crippen LogP contribution is -2.25. The minimum absolute atomic E-state index is 0.130. The molecule has 2 aromatic rings. The zero-order valence-electron chi connectivity index (χ0n) is 16.6. The monoisotopic (exact) mass is 428 g/mol. The number of phenolic OH excluding ortho intramolecular Hbond substituents is 1. The average Bonchev–Trinajstić information content (AvgIpc) is 3.06. The van der Waals surface area contributed by atoms with Crippen LogP contribution in [-0.2, 0) is 6.42 Å². The predicted octanol–water partition coefficient (Wildman–Crippen LogP) is 6.02. The molecule has 0 spiro atoms. The van der Waals surface area contributed by atoms with E-state index in [1.807, 2.05) is 48.5 Å². The molecular formula is C24H28O3S2. The molecule has 0 aromatic heterocycles. The highest BCUT2D eigenvalue weighted by Gasteiger charge is 2.37. The van der Waals surface area contributed by atoms with E-state index in [2.05, 4.69) is 30.1 Å². The molecule has 2 atom stereocenters. The third kappa shape index (κ3) is 5.07. The van der Waals surface area contributed by atoms with E-state index < -0.39 is 0 Å². The van der Waals surface area contributed by atoms with Crippen molar-refractivity contribution in [1.29, 1.82) is 0 Å². The summed E-state index contributed by atoms with van der Waals surface area (Å²) in [4.78, 5) is 0. The first kappa shape index (κ1) is 20.5. The van der Waals surface area contributed by atoms with Gasteiger partial charge in [-0.3, -0.25) is 0 Å². The first-order valence-electron chi connectivity index (χ1n) is 10.3. The largest absolute Gasteiger partial charge is 0.508 e. The summed E-state index contributed by atoms with van der Waals surface area (Å²) in [6.45, 7) is 4.43. The fourth-order valence-corrected chi connectivity index (χ4v) is 6.96. The van der Waals surface area contributed by atoms with E-state index in [0.29, 0.717) is 23.4 Å². The summed E-state index contributed by atoms with van der Waals surface area (Å²) in [6.07, 6.45) is 5.78. The van der Waals surface area contributed by atoms with Crippen LogP contribution in [0.15, 0.2) is 55.1 Å². The Morgan fingerprint density at radius 2 is 1.97 bits per heavy atom. The summed E-state index contributed by atoms with van der Waals surface area (Å²) in [6, 6.07) is 13.8. The zero-order chi connectivity index (χ0) is 20.1. The van der Waals surface area contributed by atoms with Gasteiger partial charge in [0.25, 0.3) is 0 Å². The predicted molar refractivity (Wildman–Crippen MR) is 124 cm³/mol. The van der Waals surface area contributed by atoms with E-state index in [4.69, 9.17) is 9.47 Å². The van der Waals surface area contributed by atoms with Crippen LogP contribution < -0.4 is 9.47 Å². The van der Waals surface area contributed by atoms with Gasteiger partial charge in [-0.05, 0) is 55.0 Å². The second-order valence-electron chi connectivity index (χ2n) is 7.48. The molecule has 0 saturated carbocycles. The third-order valence-corrected chi connectivity index (χ3v) is 8.46. The van der Waals surface area contributed by atoms with Gasteiger partial charge in [-0.25, -0.2) is 0 Å². The molecular weight excluding hydrogens is 400 g/mol. The first-order chi connectivity index (χ1) is 14.2. The Labute approximate surface area is 181 Å². The van der Waals surface area contributed by atoms with Gasteiger partial charge in [0.05, 0.1) is 11.2 Å². The van der Waals surface area contributed by atoms with Crippen LogP contribution in [0, 0.1) is 0 Å². The molecule has 0 aliphatic carbocycles. The van der Waals surface area contributed by atoms with Crippen LogP contribution in [0.1, 0.15) is 36.3 Å². The van der Waals surface area contributed by atoms with Crippen molar-refractivity contribution in [3.63, 3.8) is 0 Å². The van der Waals surface area contributed by atoms with Crippen LogP contribution in [0.2, 0.25) is 0 Å². The molecule has 2 heterocycles. The van der Waals surface area contributed by atoms with Gasteiger partial charge in [0.1, 0.15) is 23.4 Å². The maximum absolute atomic E-state index is 10.5. The maximum atomic E-state index is 10.5. The molecule has 1 N–H and O–H groups in total. The van der Waals surface area contributed by atoms with E-state index in [1.165, 1.54) is 17.9 Å². The molecule has 5 heteroatoms. The molecule has 0 bridgehead atoms. The Balaban J connectivity index is 1.50. The zero-order valence-corrected chi connectivity index (χ0v) is 18.2. The average molecular weight is 429 g/mol. The smallest absolute Gasteiger partial charge is 0.123 e. The van der Waals surface area contributed by atoms with Crippen LogP contribution >= 0.6 is 23.5 Å². The Kier molecular flexibility index (Phi) is 6.98. The maximum Gasteiger partial charge on any atom is 0.123 e. The van der Waals surface area contributed by atoms with E-state index in [0.717, 1.165) is 35.5 Å². The number of hydrogen-bond donors (Lipinski definition) is 1. The molecule has 2 unspecified atom stereocenters. The number of para-hydroxylation sites is 1. The SMILES string of the molecule is C=CCc1cc2c(cc1O)C(CCOc1ccccc1)C(CC1SCCCS1)O2. The molecule has 29 heavy (non-hydrogen) atoms. The number of fused-ring (bicyclic) bond motifs is 1. The lowest BCUT2D eigenvalue weighted by Gasteiger charge is -2.26. The van der Waals surface area contributed by atoms with Gasteiger partial charge in [0.2, 0.25) is 0 Å². The Hall–Kier alpha value is -1.72. The Morgan fingerprint density at radius 1 is 1.17 bits per heavy atom. The van der Waals surface area contributed by atoms with Gasteiger partial charge in [-0.15, -0.1) is 30.1 Å². The van der Waals surface area contributed by atoms with Gasteiger partial charge in [-0.1, -0.05) is 24.3 Å². The Morgan fingerprint density at radius 3 is 2.72 bits per heavy atom. The first-order valence-corrected chi connectivity index (χ1v) is 12.4. The van der Waals surface area contributed by atoms with E-state index in [-0.39, 0.29) is 12.0 Å². The van der Waals surface area contributed by atoms with Crippen molar-refractivity contribution in [2.75, 3.05) is 18.1 Å². The highest BCUT2D eigenvalue weighted by atomic mass is 32.2. The molecule has 1 fully saturated rings. The summed E-state index contributed by atoms with van der Waals surface area (Å²) in [7, 11) is 0. The number of phenols is 1. The van der Waals surface area contributed by atoms with Crippen molar-refractivity contribution < 1.29 is 14.6 Å². The van der Waals surface area contributed by atoms with Gasteiger partial charge >= 0.3 is 0 Å². The van der Waals surface area contributed by atoms with Crippen LogP contribution in [0.25, 0.3) is 0 Å². The van der Waals surface area contributed by atoms with Crippen molar-refractivity contribution in [2.45, 2.75) is 42.3 Å². The van der Waals surface area contributed by atoms with Gasteiger partial charge < -0.3 is 14.6 Å². The summed E-state index contributed by atoms with van der Waals surface area (Å²) >= 11 is 4.11. The van der Waals surface area contributed by atoms with E-state index in [9.17, 15) is 5.11 Å². The quantitative estimate of drug-likeness (QED) is 0.521. The van der Waals surface area contributed by atoms with Crippen molar-refractivity contribution in [3.05, 3.63) is 66.2 Å². The standard InChI is InChI=1S/C24H28O3S2/c1-2-7-17-14-22-20(15-21(17)25)19(10-11-26-18-8-4-3-5-9-18)23(27-22)16-24-28-12-6-13-29-24/h2-5,8-9,14-15,19,23-25H,1,6-7,10-13,16H2. The number of aromatic hydroxyl groups is 1. The fourth-order valence-electron chi connectivity index (χ4n) is 4.02. The second-order valence-corrected chi connectivity index (χ2v) is 10.4.